The van der Waals surface area contributed by atoms with E-state index in [2.05, 4.69) is 31.3 Å². The van der Waals surface area contributed by atoms with Gasteiger partial charge in [0.15, 0.2) is 0 Å². The number of hydrogen-bond acceptors (Lipinski definition) is 2. The Morgan fingerprint density at radius 2 is 1.91 bits per heavy atom. The summed E-state index contributed by atoms with van der Waals surface area (Å²) >= 11 is 0. The predicted molar refractivity (Wildman–Crippen MR) is 88.7 cm³/mol. The van der Waals surface area contributed by atoms with E-state index in [-0.39, 0.29) is 23.8 Å². The summed E-state index contributed by atoms with van der Waals surface area (Å²) in [5.74, 6) is 0.288. The van der Waals surface area contributed by atoms with Crippen LogP contribution in [0.3, 0.4) is 0 Å². The molecule has 1 aromatic carbocycles. The van der Waals surface area contributed by atoms with Gasteiger partial charge in [0.1, 0.15) is 0 Å². The van der Waals surface area contributed by atoms with Crippen LogP contribution in [0.2, 0.25) is 0 Å². The zero-order valence-corrected chi connectivity index (χ0v) is 13.9. The third-order valence-electron chi connectivity index (χ3n) is 4.51. The molecule has 2 amide bonds. The number of nitrogens with zero attached hydrogens (tertiary/aromatic N) is 1. The minimum absolute atomic E-state index is 0.0622. The minimum Gasteiger partial charge on any atom is -0.339 e. The molecular formula is C18H26N2O2. The molecule has 0 spiro atoms. The molecule has 1 heterocycles. The maximum Gasteiger partial charge on any atom is 0.229 e. The lowest BCUT2D eigenvalue weighted by molar-refractivity contribution is -0.129. The summed E-state index contributed by atoms with van der Waals surface area (Å²) in [5.41, 5.74) is 2.08. The van der Waals surface area contributed by atoms with Crippen LogP contribution in [0.25, 0.3) is 0 Å². The summed E-state index contributed by atoms with van der Waals surface area (Å²) in [4.78, 5) is 26.0. The molecule has 0 unspecified atom stereocenters. The van der Waals surface area contributed by atoms with Crippen molar-refractivity contribution >= 4 is 17.5 Å². The lowest BCUT2D eigenvalue weighted by Crippen LogP contribution is -2.33. The Balaban J connectivity index is 1.96. The second kappa shape index (κ2) is 6.95. The van der Waals surface area contributed by atoms with Crippen molar-refractivity contribution in [3.05, 3.63) is 29.8 Å². The van der Waals surface area contributed by atoms with E-state index >= 15 is 0 Å². The Bertz CT molecular complexity index is 537. The van der Waals surface area contributed by atoms with Gasteiger partial charge in [0.2, 0.25) is 11.8 Å². The van der Waals surface area contributed by atoms with Crippen LogP contribution in [0.4, 0.5) is 5.69 Å². The van der Waals surface area contributed by atoms with Crippen molar-refractivity contribution in [3.8, 4) is 0 Å². The van der Waals surface area contributed by atoms with E-state index in [0.29, 0.717) is 18.9 Å². The molecule has 2 atom stereocenters. The highest BCUT2D eigenvalue weighted by atomic mass is 16.2. The largest absolute Gasteiger partial charge is 0.339 e. The van der Waals surface area contributed by atoms with Gasteiger partial charge in [0.05, 0.1) is 5.92 Å². The van der Waals surface area contributed by atoms with E-state index in [1.165, 1.54) is 5.56 Å². The van der Waals surface area contributed by atoms with Gasteiger partial charge in [-0.3, -0.25) is 9.59 Å². The fourth-order valence-electron chi connectivity index (χ4n) is 2.78. The fourth-order valence-corrected chi connectivity index (χ4v) is 2.78. The maximum absolute atomic E-state index is 12.3. The Morgan fingerprint density at radius 3 is 2.41 bits per heavy atom. The molecule has 1 saturated heterocycles. The number of benzene rings is 1. The predicted octanol–water partition coefficient (Wildman–Crippen LogP) is 3.40. The van der Waals surface area contributed by atoms with Crippen molar-refractivity contribution < 1.29 is 9.59 Å². The summed E-state index contributed by atoms with van der Waals surface area (Å²) in [7, 11) is 0. The molecule has 0 saturated carbocycles. The van der Waals surface area contributed by atoms with Crippen LogP contribution in [0.15, 0.2) is 24.3 Å². The van der Waals surface area contributed by atoms with Crippen molar-refractivity contribution in [1.82, 2.24) is 4.90 Å². The van der Waals surface area contributed by atoms with Crippen molar-refractivity contribution in [2.24, 2.45) is 5.92 Å². The van der Waals surface area contributed by atoms with Crippen molar-refractivity contribution in [3.63, 3.8) is 0 Å². The number of carbonyl (C=O) groups excluding carboxylic acids is 2. The van der Waals surface area contributed by atoms with E-state index < -0.39 is 0 Å². The summed E-state index contributed by atoms with van der Waals surface area (Å²) in [6, 6.07) is 8.15. The molecule has 1 aliphatic heterocycles. The lowest BCUT2D eigenvalue weighted by atomic mass is 9.98. The summed E-state index contributed by atoms with van der Waals surface area (Å²) in [6.45, 7) is 8.83. The summed E-state index contributed by atoms with van der Waals surface area (Å²) < 4.78 is 0. The van der Waals surface area contributed by atoms with E-state index in [4.69, 9.17) is 0 Å². The zero-order chi connectivity index (χ0) is 16.3. The molecule has 4 heteroatoms. The first-order valence-electron chi connectivity index (χ1n) is 8.12. The van der Waals surface area contributed by atoms with Crippen LogP contribution in [0.5, 0.6) is 0 Å². The number of anilines is 1. The molecule has 4 nitrogen and oxygen atoms in total. The van der Waals surface area contributed by atoms with Gasteiger partial charge in [-0.15, -0.1) is 0 Å². The van der Waals surface area contributed by atoms with E-state index in [0.717, 1.165) is 12.1 Å². The molecule has 0 bridgehead atoms. The van der Waals surface area contributed by atoms with Crippen LogP contribution in [0.1, 0.15) is 52.0 Å². The van der Waals surface area contributed by atoms with Crippen molar-refractivity contribution in [2.45, 2.75) is 52.5 Å². The molecule has 0 radical (unpaired) electrons. The molecule has 1 fully saturated rings. The Hall–Kier alpha value is -1.84. The lowest BCUT2D eigenvalue weighted by Gasteiger charge is -2.20. The fraction of sp³-hybridized carbons (Fsp3) is 0.556. The Labute approximate surface area is 132 Å². The van der Waals surface area contributed by atoms with Gasteiger partial charge in [0.25, 0.3) is 0 Å². The van der Waals surface area contributed by atoms with E-state index in [9.17, 15) is 9.59 Å². The molecule has 2 rings (SSSR count). The first kappa shape index (κ1) is 16.5. The van der Waals surface area contributed by atoms with Gasteiger partial charge in [0, 0.05) is 24.7 Å². The number of hydrogen-bond donors (Lipinski definition) is 1. The topological polar surface area (TPSA) is 49.4 Å². The average molecular weight is 302 g/mol. The number of rotatable bonds is 5. The van der Waals surface area contributed by atoms with Crippen LogP contribution in [-0.2, 0) is 9.59 Å². The first-order chi connectivity index (χ1) is 10.4. The SMILES string of the molecule is CC[C@@H](C)c1ccc(NC(=O)[C@@H]2CC(=O)N(C(C)C)C2)cc1. The van der Waals surface area contributed by atoms with Gasteiger partial charge in [-0.1, -0.05) is 26.0 Å². The van der Waals surface area contributed by atoms with Gasteiger partial charge < -0.3 is 10.2 Å². The van der Waals surface area contributed by atoms with Crippen LogP contribution in [-0.4, -0.2) is 29.3 Å². The van der Waals surface area contributed by atoms with Crippen LogP contribution >= 0.6 is 0 Å². The third kappa shape index (κ3) is 3.67. The second-order valence-corrected chi connectivity index (χ2v) is 6.46. The molecular weight excluding hydrogens is 276 g/mol. The maximum atomic E-state index is 12.3. The highest BCUT2D eigenvalue weighted by Gasteiger charge is 2.35. The smallest absolute Gasteiger partial charge is 0.229 e. The van der Waals surface area contributed by atoms with E-state index in [1.54, 1.807) is 4.90 Å². The van der Waals surface area contributed by atoms with Crippen molar-refractivity contribution in [2.75, 3.05) is 11.9 Å². The third-order valence-corrected chi connectivity index (χ3v) is 4.51. The molecule has 120 valence electrons. The number of carbonyl (C=O) groups is 2. The molecule has 0 aromatic heterocycles. The molecule has 1 N–H and O–H groups in total. The second-order valence-electron chi connectivity index (χ2n) is 6.46. The molecule has 1 aliphatic rings. The quantitative estimate of drug-likeness (QED) is 0.906. The monoisotopic (exact) mass is 302 g/mol. The van der Waals surface area contributed by atoms with Crippen LogP contribution in [0, 0.1) is 5.92 Å². The van der Waals surface area contributed by atoms with Gasteiger partial charge >= 0.3 is 0 Å². The number of likely N-dealkylation sites (tertiary alicyclic amines) is 1. The van der Waals surface area contributed by atoms with Crippen molar-refractivity contribution in [1.29, 1.82) is 0 Å². The normalized spacial score (nSPS) is 19.6. The van der Waals surface area contributed by atoms with Gasteiger partial charge in [-0.05, 0) is 43.9 Å². The average Bonchev–Trinajstić information content (AvgIpc) is 2.89. The van der Waals surface area contributed by atoms with Crippen LogP contribution < -0.4 is 5.32 Å². The molecule has 0 aliphatic carbocycles. The highest BCUT2D eigenvalue weighted by Crippen LogP contribution is 2.23. The minimum atomic E-state index is -0.246. The summed E-state index contributed by atoms with van der Waals surface area (Å²) in [5, 5.41) is 2.93. The van der Waals surface area contributed by atoms with Gasteiger partial charge in [-0.25, -0.2) is 0 Å². The first-order valence-corrected chi connectivity index (χ1v) is 8.12. The van der Waals surface area contributed by atoms with Gasteiger partial charge in [-0.2, -0.15) is 0 Å². The Kier molecular flexibility index (Phi) is 5.22. The number of amides is 2. The molecule has 22 heavy (non-hydrogen) atoms. The Morgan fingerprint density at radius 1 is 1.27 bits per heavy atom. The molecule has 1 aromatic rings. The highest BCUT2D eigenvalue weighted by molar-refractivity contribution is 5.97. The standard InChI is InChI=1S/C18H26N2O2/c1-5-13(4)14-6-8-16(9-7-14)19-18(22)15-10-17(21)20(11-15)12(2)3/h6-9,12-13,15H,5,10-11H2,1-4H3,(H,19,22)/t13-,15-/m1/s1. The number of nitrogens with one attached hydrogen (secondary N) is 1. The van der Waals surface area contributed by atoms with E-state index in [1.807, 2.05) is 26.0 Å². The summed E-state index contributed by atoms with van der Waals surface area (Å²) in [6.07, 6.45) is 1.41. The zero-order valence-electron chi connectivity index (χ0n) is 13.9.